The van der Waals surface area contributed by atoms with E-state index in [0.717, 1.165) is 15.6 Å². The molecule has 0 aliphatic rings. The van der Waals surface area contributed by atoms with Crippen LogP contribution in [-0.2, 0) is 0 Å². The van der Waals surface area contributed by atoms with Crippen molar-refractivity contribution in [2.75, 3.05) is 11.6 Å². The number of nitriles is 1. The van der Waals surface area contributed by atoms with Gasteiger partial charge in [0, 0.05) is 10.6 Å². The van der Waals surface area contributed by atoms with E-state index in [0.29, 0.717) is 4.91 Å². The first-order chi connectivity index (χ1) is 9.83. The van der Waals surface area contributed by atoms with Crippen LogP contribution in [-0.4, -0.2) is 6.26 Å². The average molecular weight is 298 g/mol. The second-order valence-electron chi connectivity index (χ2n) is 3.88. The maximum atomic E-state index is 9.38. The molecule has 0 fully saturated rings. The van der Waals surface area contributed by atoms with E-state index in [1.165, 1.54) is 11.8 Å². The number of rotatable bonds is 5. The highest BCUT2D eigenvalue weighted by molar-refractivity contribution is 8.06. The molecule has 0 aliphatic carbocycles. The van der Waals surface area contributed by atoms with Crippen molar-refractivity contribution in [3.05, 3.63) is 70.6 Å². The molecule has 0 saturated heterocycles. The summed E-state index contributed by atoms with van der Waals surface area (Å²) in [5.41, 5.74) is 0.985. The number of para-hydroxylation sites is 1. The van der Waals surface area contributed by atoms with Gasteiger partial charge >= 0.3 is 0 Å². The Bertz CT molecular complexity index is 616. The molecule has 20 heavy (non-hydrogen) atoms. The third kappa shape index (κ3) is 4.09. The molecule has 1 N–H and O–H groups in total. The fourth-order valence-corrected chi connectivity index (χ4v) is 3.12. The molecule has 0 saturated carbocycles. The SMILES string of the molecule is CS/C(Nc1ccccc1)=C(\C#N)Sc1ccccc1. The Morgan fingerprint density at radius 1 is 1.00 bits per heavy atom. The molecule has 0 aromatic heterocycles. The number of allylic oxidation sites excluding steroid dienone is 1. The molecule has 0 amide bonds. The Morgan fingerprint density at radius 2 is 1.60 bits per heavy atom. The van der Waals surface area contributed by atoms with E-state index in [4.69, 9.17) is 0 Å². The first-order valence-corrected chi connectivity index (χ1v) is 8.11. The molecular formula is C16H14N2S2. The maximum Gasteiger partial charge on any atom is 0.120 e. The summed E-state index contributed by atoms with van der Waals surface area (Å²) >= 11 is 3.02. The lowest BCUT2D eigenvalue weighted by atomic mass is 10.3. The van der Waals surface area contributed by atoms with Gasteiger partial charge in [0.25, 0.3) is 0 Å². The Kier molecular flexibility index (Phi) is 5.60. The standard InChI is InChI=1S/C16H14N2S2/c1-19-16(18-13-8-4-2-5-9-13)15(12-17)20-14-10-6-3-7-11-14/h2-11,18H,1H3/b16-15+. The monoisotopic (exact) mass is 298 g/mol. The van der Waals surface area contributed by atoms with Crippen molar-refractivity contribution in [2.24, 2.45) is 0 Å². The molecule has 2 rings (SSSR count). The molecule has 0 heterocycles. The lowest BCUT2D eigenvalue weighted by molar-refractivity contribution is 1.45. The second kappa shape index (κ2) is 7.68. The fraction of sp³-hybridized carbons (Fsp3) is 0.0625. The molecule has 2 aromatic rings. The van der Waals surface area contributed by atoms with E-state index < -0.39 is 0 Å². The fourth-order valence-electron chi connectivity index (χ4n) is 1.58. The van der Waals surface area contributed by atoms with Crippen molar-refractivity contribution in [3.63, 3.8) is 0 Å². The molecule has 4 heteroatoms. The lowest BCUT2D eigenvalue weighted by Crippen LogP contribution is -1.98. The van der Waals surface area contributed by atoms with Gasteiger partial charge in [-0.3, -0.25) is 0 Å². The first kappa shape index (κ1) is 14.6. The quantitative estimate of drug-likeness (QED) is 0.626. The average Bonchev–Trinajstić information content (AvgIpc) is 2.52. The summed E-state index contributed by atoms with van der Waals surface area (Å²) in [6, 6.07) is 22.1. The highest BCUT2D eigenvalue weighted by Crippen LogP contribution is 2.32. The van der Waals surface area contributed by atoms with Crippen LogP contribution in [0.25, 0.3) is 0 Å². The minimum absolute atomic E-state index is 0.674. The molecule has 2 nitrogen and oxygen atoms in total. The van der Waals surface area contributed by atoms with Gasteiger partial charge in [-0.25, -0.2) is 0 Å². The van der Waals surface area contributed by atoms with Gasteiger partial charge < -0.3 is 5.32 Å². The second-order valence-corrected chi connectivity index (χ2v) is 5.78. The van der Waals surface area contributed by atoms with Crippen molar-refractivity contribution < 1.29 is 0 Å². The van der Waals surface area contributed by atoms with Crippen molar-refractivity contribution in [1.29, 1.82) is 5.26 Å². The maximum absolute atomic E-state index is 9.38. The number of hydrogen-bond acceptors (Lipinski definition) is 4. The summed E-state index contributed by atoms with van der Waals surface area (Å²) in [6.45, 7) is 0. The molecule has 0 radical (unpaired) electrons. The molecule has 0 atom stereocenters. The van der Waals surface area contributed by atoms with E-state index in [9.17, 15) is 5.26 Å². The Morgan fingerprint density at radius 3 is 2.15 bits per heavy atom. The minimum Gasteiger partial charge on any atom is -0.349 e. The van der Waals surface area contributed by atoms with Gasteiger partial charge in [-0.2, -0.15) is 5.26 Å². The number of hydrogen-bond donors (Lipinski definition) is 1. The number of anilines is 1. The van der Waals surface area contributed by atoms with Crippen molar-refractivity contribution in [2.45, 2.75) is 4.90 Å². The van der Waals surface area contributed by atoms with Crippen LogP contribution in [0.3, 0.4) is 0 Å². The largest absolute Gasteiger partial charge is 0.349 e. The number of nitrogens with one attached hydrogen (secondary N) is 1. The van der Waals surface area contributed by atoms with E-state index in [1.807, 2.05) is 66.9 Å². The molecule has 100 valence electrons. The van der Waals surface area contributed by atoms with Gasteiger partial charge in [0.05, 0.1) is 5.03 Å². The van der Waals surface area contributed by atoms with Crippen LogP contribution in [0.15, 0.2) is 75.5 Å². The third-order valence-corrected chi connectivity index (χ3v) is 4.36. The van der Waals surface area contributed by atoms with E-state index in [2.05, 4.69) is 11.4 Å². The number of thioether (sulfide) groups is 2. The van der Waals surface area contributed by atoms with Crippen molar-refractivity contribution in [3.8, 4) is 6.07 Å². The summed E-state index contributed by atoms with van der Waals surface area (Å²) in [4.78, 5) is 1.73. The summed E-state index contributed by atoms with van der Waals surface area (Å²) in [7, 11) is 0. The Hall–Kier alpha value is -1.83. The van der Waals surface area contributed by atoms with Crippen LogP contribution in [0.5, 0.6) is 0 Å². The van der Waals surface area contributed by atoms with Crippen LogP contribution in [0.4, 0.5) is 5.69 Å². The van der Waals surface area contributed by atoms with Crippen LogP contribution in [0.1, 0.15) is 0 Å². The Labute approximate surface area is 127 Å². The van der Waals surface area contributed by atoms with Crippen LogP contribution < -0.4 is 5.32 Å². The van der Waals surface area contributed by atoms with Gasteiger partial charge in [-0.05, 0) is 30.5 Å². The highest BCUT2D eigenvalue weighted by Gasteiger charge is 2.08. The van der Waals surface area contributed by atoms with E-state index in [-0.39, 0.29) is 0 Å². The summed E-state index contributed by atoms with van der Waals surface area (Å²) in [5.74, 6) is 0. The predicted octanol–water partition coefficient (Wildman–Crippen LogP) is 4.95. The predicted molar refractivity (Wildman–Crippen MR) is 88.5 cm³/mol. The summed E-state index contributed by atoms with van der Waals surface area (Å²) < 4.78 is 0. The molecule has 0 aliphatic heterocycles. The smallest absolute Gasteiger partial charge is 0.120 e. The Balaban J connectivity index is 2.22. The molecule has 0 bridgehead atoms. The minimum atomic E-state index is 0.674. The van der Waals surface area contributed by atoms with E-state index in [1.54, 1.807) is 11.8 Å². The van der Waals surface area contributed by atoms with Crippen molar-refractivity contribution in [1.82, 2.24) is 0 Å². The van der Waals surface area contributed by atoms with Gasteiger partial charge in [-0.15, -0.1) is 11.8 Å². The van der Waals surface area contributed by atoms with Gasteiger partial charge in [0.2, 0.25) is 0 Å². The van der Waals surface area contributed by atoms with Gasteiger partial charge in [-0.1, -0.05) is 48.2 Å². The zero-order valence-corrected chi connectivity index (χ0v) is 12.7. The van der Waals surface area contributed by atoms with Crippen molar-refractivity contribution >= 4 is 29.2 Å². The molecule has 2 aromatic carbocycles. The van der Waals surface area contributed by atoms with Crippen LogP contribution >= 0.6 is 23.5 Å². The topological polar surface area (TPSA) is 35.8 Å². The first-order valence-electron chi connectivity index (χ1n) is 6.07. The van der Waals surface area contributed by atoms with Gasteiger partial charge in [0.15, 0.2) is 0 Å². The normalized spacial score (nSPS) is 11.4. The molecule has 0 unspecified atom stereocenters. The van der Waals surface area contributed by atoms with Crippen LogP contribution in [0, 0.1) is 11.3 Å². The number of nitrogens with zero attached hydrogens (tertiary/aromatic N) is 1. The zero-order chi connectivity index (χ0) is 14.2. The van der Waals surface area contributed by atoms with E-state index >= 15 is 0 Å². The van der Waals surface area contributed by atoms with Crippen LogP contribution in [0.2, 0.25) is 0 Å². The highest BCUT2D eigenvalue weighted by atomic mass is 32.2. The third-order valence-electron chi connectivity index (χ3n) is 2.51. The molecular weight excluding hydrogens is 284 g/mol. The zero-order valence-electron chi connectivity index (χ0n) is 11.0. The number of benzene rings is 2. The lowest BCUT2D eigenvalue weighted by Gasteiger charge is -2.10. The molecule has 0 spiro atoms. The van der Waals surface area contributed by atoms with Gasteiger partial charge in [0.1, 0.15) is 11.0 Å². The summed E-state index contributed by atoms with van der Waals surface area (Å²) in [6.07, 6.45) is 1.97. The summed E-state index contributed by atoms with van der Waals surface area (Å²) in [5, 5.41) is 13.6.